The number of carbonyl (C=O) groups is 3. The monoisotopic (exact) mass is 277 g/mol. The van der Waals surface area contributed by atoms with Crippen LogP contribution in [0.15, 0.2) is 0 Å². The highest BCUT2D eigenvalue weighted by Gasteiger charge is 2.21. The standard InChI is InChI=1S/C8H17NO2.C4H6O4/c1-4-6-9(3,5-2)7-8(10)11;5-3(6)1-2-4(7)8/h4-7H2,1-3H3;1-2H2,(H,5,6)(H,7,8). The summed E-state index contributed by atoms with van der Waals surface area (Å²) in [6, 6.07) is 0. The molecule has 0 amide bonds. The van der Waals surface area contributed by atoms with Gasteiger partial charge in [0, 0.05) is 5.97 Å². The Balaban J connectivity index is 0. The third-order valence-corrected chi connectivity index (χ3v) is 2.59. The average Bonchev–Trinajstić information content (AvgIpc) is 2.26. The Labute approximate surface area is 113 Å². The largest absolute Gasteiger partial charge is 0.550 e. The summed E-state index contributed by atoms with van der Waals surface area (Å²) in [5.41, 5.74) is 0. The highest BCUT2D eigenvalue weighted by Crippen LogP contribution is 2.02. The molecule has 0 aromatic rings. The SMILES string of the molecule is CCC[N+](C)(CC)CC(=O)O.O=C([O-])CCC(=O)O. The van der Waals surface area contributed by atoms with Crippen LogP contribution in [0.2, 0.25) is 0 Å². The first kappa shape index (κ1) is 19.7. The lowest BCUT2D eigenvalue weighted by Gasteiger charge is -2.31. The molecule has 7 heteroatoms. The van der Waals surface area contributed by atoms with E-state index in [-0.39, 0.29) is 13.0 Å². The van der Waals surface area contributed by atoms with E-state index in [1.54, 1.807) is 0 Å². The van der Waals surface area contributed by atoms with Crippen molar-refractivity contribution < 1.29 is 34.2 Å². The summed E-state index contributed by atoms with van der Waals surface area (Å²) in [6.07, 6.45) is 0.273. The highest BCUT2D eigenvalue weighted by molar-refractivity contribution is 5.74. The van der Waals surface area contributed by atoms with Crippen LogP contribution in [-0.4, -0.2) is 59.3 Å². The normalized spacial score (nSPS) is 12.8. The molecule has 0 heterocycles. The van der Waals surface area contributed by atoms with Gasteiger partial charge in [-0.15, -0.1) is 0 Å². The van der Waals surface area contributed by atoms with Gasteiger partial charge in [-0.25, -0.2) is 4.79 Å². The molecule has 2 N–H and O–H groups in total. The number of quaternary nitrogens is 1. The minimum absolute atomic E-state index is 0.240. The Morgan fingerprint density at radius 3 is 1.79 bits per heavy atom. The zero-order valence-electron chi connectivity index (χ0n) is 11.7. The predicted molar refractivity (Wildman–Crippen MR) is 66.3 cm³/mol. The molecular formula is C12H23NO6. The molecule has 0 bridgehead atoms. The zero-order valence-corrected chi connectivity index (χ0v) is 11.7. The molecule has 0 saturated carbocycles. The Kier molecular flexibility index (Phi) is 10.7. The number of rotatable bonds is 8. The van der Waals surface area contributed by atoms with Gasteiger partial charge >= 0.3 is 11.9 Å². The van der Waals surface area contributed by atoms with Crippen molar-refractivity contribution in [1.82, 2.24) is 0 Å². The fraction of sp³-hybridized carbons (Fsp3) is 0.750. The molecule has 19 heavy (non-hydrogen) atoms. The molecule has 0 rings (SSSR count). The van der Waals surface area contributed by atoms with Crippen molar-refractivity contribution >= 4 is 17.9 Å². The summed E-state index contributed by atoms with van der Waals surface area (Å²) < 4.78 is 0.645. The van der Waals surface area contributed by atoms with Gasteiger partial charge in [-0.05, 0) is 19.8 Å². The summed E-state index contributed by atoms with van der Waals surface area (Å²) in [4.78, 5) is 29.6. The summed E-state index contributed by atoms with van der Waals surface area (Å²) in [5, 5.41) is 26.0. The number of likely N-dealkylation sites (N-methyl/N-ethyl adjacent to an activating group) is 1. The van der Waals surface area contributed by atoms with Crippen LogP contribution in [0.5, 0.6) is 0 Å². The first-order valence-electron chi connectivity index (χ1n) is 6.13. The fourth-order valence-corrected chi connectivity index (χ4v) is 1.42. The van der Waals surface area contributed by atoms with Crippen LogP contribution >= 0.6 is 0 Å². The van der Waals surface area contributed by atoms with Gasteiger partial charge in [0.05, 0.1) is 26.6 Å². The number of carboxylic acids is 3. The number of aliphatic carboxylic acids is 3. The van der Waals surface area contributed by atoms with Crippen LogP contribution < -0.4 is 5.11 Å². The maximum Gasteiger partial charge on any atom is 0.359 e. The van der Waals surface area contributed by atoms with E-state index in [9.17, 15) is 19.5 Å². The fourth-order valence-electron chi connectivity index (χ4n) is 1.42. The van der Waals surface area contributed by atoms with Crippen molar-refractivity contribution in [3.05, 3.63) is 0 Å². The minimum Gasteiger partial charge on any atom is -0.550 e. The van der Waals surface area contributed by atoms with E-state index in [1.165, 1.54) is 0 Å². The van der Waals surface area contributed by atoms with Crippen LogP contribution in [0.3, 0.4) is 0 Å². The van der Waals surface area contributed by atoms with Gasteiger partial charge in [-0.1, -0.05) is 6.92 Å². The topological polar surface area (TPSA) is 115 Å². The molecule has 0 spiro atoms. The lowest BCUT2D eigenvalue weighted by Crippen LogP contribution is -2.47. The quantitative estimate of drug-likeness (QED) is 0.581. The first-order chi connectivity index (χ1) is 8.66. The van der Waals surface area contributed by atoms with Crippen LogP contribution in [0.1, 0.15) is 33.1 Å². The molecular weight excluding hydrogens is 254 g/mol. The lowest BCUT2D eigenvalue weighted by atomic mass is 10.3. The smallest absolute Gasteiger partial charge is 0.359 e. The van der Waals surface area contributed by atoms with Crippen molar-refractivity contribution in [2.45, 2.75) is 33.1 Å². The highest BCUT2D eigenvalue weighted by atomic mass is 16.4. The second-order valence-corrected chi connectivity index (χ2v) is 4.48. The van der Waals surface area contributed by atoms with Crippen LogP contribution in [0, 0.1) is 0 Å². The molecule has 0 fully saturated rings. The van der Waals surface area contributed by atoms with Crippen LogP contribution in [0.25, 0.3) is 0 Å². The van der Waals surface area contributed by atoms with E-state index in [4.69, 9.17) is 10.2 Å². The molecule has 0 aliphatic heterocycles. The summed E-state index contributed by atoms with van der Waals surface area (Å²) >= 11 is 0. The van der Waals surface area contributed by atoms with Crippen molar-refractivity contribution in [3.8, 4) is 0 Å². The van der Waals surface area contributed by atoms with E-state index in [0.717, 1.165) is 19.5 Å². The maximum atomic E-state index is 10.4. The summed E-state index contributed by atoms with van der Waals surface area (Å²) in [5.74, 6) is -3.15. The van der Waals surface area contributed by atoms with Crippen LogP contribution in [-0.2, 0) is 14.4 Å². The molecule has 7 nitrogen and oxygen atoms in total. The van der Waals surface area contributed by atoms with Gasteiger partial charge in [-0.2, -0.15) is 0 Å². The molecule has 0 aliphatic rings. The third-order valence-electron chi connectivity index (χ3n) is 2.59. The molecule has 0 aromatic heterocycles. The van der Waals surface area contributed by atoms with Gasteiger partial charge in [0.25, 0.3) is 0 Å². The average molecular weight is 277 g/mol. The molecule has 0 radical (unpaired) electrons. The second kappa shape index (κ2) is 10.3. The van der Waals surface area contributed by atoms with Gasteiger partial charge < -0.3 is 24.6 Å². The molecule has 0 saturated heterocycles. The van der Waals surface area contributed by atoms with E-state index in [2.05, 4.69) is 6.92 Å². The Hall–Kier alpha value is -1.63. The Bertz CT molecular complexity index is 291. The van der Waals surface area contributed by atoms with E-state index in [1.807, 2.05) is 14.0 Å². The van der Waals surface area contributed by atoms with Gasteiger partial charge in [0.2, 0.25) is 0 Å². The molecule has 0 aromatic carbocycles. The van der Waals surface area contributed by atoms with Crippen molar-refractivity contribution in [3.63, 3.8) is 0 Å². The van der Waals surface area contributed by atoms with Gasteiger partial charge in [-0.3, -0.25) is 4.79 Å². The van der Waals surface area contributed by atoms with E-state index >= 15 is 0 Å². The maximum absolute atomic E-state index is 10.4. The Morgan fingerprint density at radius 1 is 1.05 bits per heavy atom. The zero-order chi connectivity index (χ0) is 15.5. The number of hydrogen-bond donors (Lipinski definition) is 2. The van der Waals surface area contributed by atoms with E-state index < -0.39 is 24.3 Å². The Morgan fingerprint density at radius 2 is 1.58 bits per heavy atom. The second-order valence-electron chi connectivity index (χ2n) is 4.48. The van der Waals surface area contributed by atoms with E-state index in [0.29, 0.717) is 4.48 Å². The predicted octanol–water partition coefficient (Wildman–Crippen LogP) is -0.451. The van der Waals surface area contributed by atoms with Gasteiger partial charge in [0.1, 0.15) is 0 Å². The van der Waals surface area contributed by atoms with Crippen molar-refractivity contribution in [2.75, 3.05) is 26.7 Å². The van der Waals surface area contributed by atoms with Gasteiger partial charge in [0.15, 0.2) is 6.54 Å². The minimum atomic E-state index is -1.33. The lowest BCUT2D eigenvalue weighted by molar-refractivity contribution is -0.900. The summed E-state index contributed by atoms with van der Waals surface area (Å²) in [6.45, 7) is 6.18. The van der Waals surface area contributed by atoms with Crippen LogP contribution in [0.4, 0.5) is 0 Å². The van der Waals surface area contributed by atoms with Crippen molar-refractivity contribution in [2.24, 2.45) is 0 Å². The molecule has 1 unspecified atom stereocenters. The number of carbonyl (C=O) groups excluding carboxylic acids is 1. The molecule has 0 aliphatic carbocycles. The number of hydrogen-bond acceptors (Lipinski definition) is 4. The third kappa shape index (κ3) is 14.3. The summed E-state index contributed by atoms with van der Waals surface area (Å²) in [7, 11) is 1.98. The number of carboxylic acid groups (broad SMARTS) is 3. The number of nitrogens with zero attached hydrogens (tertiary/aromatic N) is 1. The first-order valence-corrected chi connectivity index (χ1v) is 6.13. The molecule has 1 atom stereocenters. The van der Waals surface area contributed by atoms with Crippen molar-refractivity contribution in [1.29, 1.82) is 0 Å². The molecule has 112 valence electrons.